The molecule has 0 radical (unpaired) electrons. The minimum absolute atomic E-state index is 0.124. The van der Waals surface area contributed by atoms with Crippen LogP contribution in [0.25, 0.3) is 0 Å². The highest BCUT2D eigenvalue weighted by molar-refractivity contribution is 5.84. The number of rotatable bonds is 14. The molecule has 1 aromatic rings. The van der Waals surface area contributed by atoms with E-state index < -0.39 is 5.97 Å². The lowest BCUT2D eigenvalue weighted by Gasteiger charge is -2.38. The lowest BCUT2D eigenvalue weighted by atomic mass is 9.83. The molecule has 2 rings (SSSR count). The molecule has 1 aliphatic heterocycles. The van der Waals surface area contributed by atoms with Crippen LogP contribution in [0.2, 0.25) is 0 Å². The number of fused-ring (bicyclic) bond motifs is 1. The fourth-order valence-corrected chi connectivity index (χ4v) is 5.56. The Bertz CT molecular complexity index is 853. The van der Waals surface area contributed by atoms with Gasteiger partial charge in [0, 0.05) is 11.6 Å². The molecule has 0 saturated heterocycles. The molecule has 3 atom stereocenters. The summed E-state index contributed by atoms with van der Waals surface area (Å²) in [6.07, 6.45) is 15.0. The quantitative estimate of drug-likeness (QED) is 0.150. The van der Waals surface area contributed by atoms with Crippen LogP contribution in [0.4, 0.5) is 0 Å². The summed E-state index contributed by atoms with van der Waals surface area (Å²) in [5.41, 5.74) is 4.15. The van der Waals surface area contributed by atoms with E-state index in [9.17, 15) is 4.79 Å². The van der Waals surface area contributed by atoms with Gasteiger partial charge in [0.05, 0.1) is 0 Å². The SMILES string of the molecule is C=CC(=O)Oc1c(C)c(C)c2c(c1C)CC[C@@](C)(CCC[C@H](C)CCC[C@H](C)CCCC(C)C)O2. The lowest BCUT2D eigenvalue weighted by Crippen LogP contribution is -2.37. The summed E-state index contributed by atoms with van der Waals surface area (Å²) in [5, 5.41) is 0. The maximum absolute atomic E-state index is 11.8. The first-order chi connectivity index (χ1) is 16.5. The number of ether oxygens (including phenoxy) is 2. The van der Waals surface area contributed by atoms with E-state index in [1.807, 2.05) is 13.8 Å². The first-order valence-electron chi connectivity index (χ1n) is 14.1. The van der Waals surface area contributed by atoms with Crippen LogP contribution in [-0.2, 0) is 11.2 Å². The van der Waals surface area contributed by atoms with Crippen LogP contribution in [0.15, 0.2) is 12.7 Å². The molecule has 0 saturated carbocycles. The van der Waals surface area contributed by atoms with Gasteiger partial charge in [0.2, 0.25) is 0 Å². The minimum atomic E-state index is -0.410. The van der Waals surface area contributed by atoms with Gasteiger partial charge >= 0.3 is 5.97 Å². The van der Waals surface area contributed by atoms with E-state index in [1.165, 1.54) is 63.0 Å². The van der Waals surface area contributed by atoms with Crippen molar-refractivity contribution in [2.45, 2.75) is 132 Å². The Morgan fingerprint density at radius 3 is 2.09 bits per heavy atom. The van der Waals surface area contributed by atoms with Crippen LogP contribution < -0.4 is 9.47 Å². The normalized spacial score (nSPS) is 19.1. The second-order valence-electron chi connectivity index (χ2n) is 12.0. The van der Waals surface area contributed by atoms with Crippen molar-refractivity contribution < 1.29 is 14.3 Å². The molecule has 3 heteroatoms. The van der Waals surface area contributed by atoms with Crippen molar-refractivity contribution in [3.63, 3.8) is 0 Å². The van der Waals surface area contributed by atoms with E-state index in [0.717, 1.165) is 59.5 Å². The summed E-state index contributed by atoms with van der Waals surface area (Å²) in [7, 11) is 0. The highest BCUT2D eigenvalue weighted by Gasteiger charge is 2.34. The number of hydrogen-bond donors (Lipinski definition) is 0. The third-order valence-corrected chi connectivity index (χ3v) is 8.21. The smallest absolute Gasteiger partial charge is 0.335 e. The molecule has 0 amide bonds. The molecule has 1 heterocycles. The largest absolute Gasteiger partial charge is 0.487 e. The lowest BCUT2D eigenvalue weighted by molar-refractivity contribution is -0.129. The van der Waals surface area contributed by atoms with E-state index >= 15 is 0 Å². The number of esters is 1. The number of hydrogen-bond acceptors (Lipinski definition) is 3. The third-order valence-electron chi connectivity index (χ3n) is 8.21. The van der Waals surface area contributed by atoms with Crippen LogP contribution in [0.1, 0.15) is 121 Å². The molecule has 0 aromatic heterocycles. The van der Waals surface area contributed by atoms with Gasteiger partial charge in [-0.15, -0.1) is 0 Å². The Balaban J connectivity index is 1.84. The second-order valence-corrected chi connectivity index (χ2v) is 12.0. The van der Waals surface area contributed by atoms with Crippen molar-refractivity contribution in [3.05, 3.63) is 34.9 Å². The average molecular weight is 485 g/mol. The number of benzene rings is 1. The zero-order valence-electron chi connectivity index (χ0n) is 24.0. The standard InChI is InChI=1S/C32H52O3/c1-10-29(33)34-30-25(6)26(7)31-28(27(30)8)19-21-32(9,35-31)20-13-18-24(5)17-12-16-23(4)15-11-14-22(2)3/h10,22-24H,1,11-21H2,2-9H3/t23-,24-,32-/m1/s1. The monoisotopic (exact) mass is 484 g/mol. The minimum Gasteiger partial charge on any atom is -0.487 e. The molecular formula is C32H52O3. The Labute approximate surface area is 216 Å². The average Bonchev–Trinajstić information content (AvgIpc) is 2.79. The zero-order chi connectivity index (χ0) is 26.2. The highest BCUT2D eigenvalue weighted by atomic mass is 16.5. The van der Waals surface area contributed by atoms with Gasteiger partial charge in [0.15, 0.2) is 0 Å². The van der Waals surface area contributed by atoms with Crippen LogP contribution in [0, 0.1) is 38.5 Å². The maximum atomic E-state index is 11.8. The third kappa shape index (κ3) is 8.69. The van der Waals surface area contributed by atoms with Crippen molar-refractivity contribution >= 4 is 5.97 Å². The van der Waals surface area contributed by atoms with Gasteiger partial charge in [-0.05, 0) is 87.8 Å². The van der Waals surface area contributed by atoms with Gasteiger partial charge in [0.1, 0.15) is 17.1 Å². The molecule has 0 spiro atoms. The summed E-state index contributed by atoms with van der Waals surface area (Å²) < 4.78 is 12.3. The van der Waals surface area contributed by atoms with Crippen molar-refractivity contribution in [1.29, 1.82) is 0 Å². The fourth-order valence-electron chi connectivity index (χ4n) is 5.56. The van der Waals surface area contributed by atoms with Crippen molar-refractivity contribution in [1.82, 2.24) is 0 Å². The van der Waals surface area contributed by atoms with Gasteiger partial charge in [-0.1, -0.05) is 79.2 Å². The molecular weight excluding hydrogens is 432 g/mol. The fraction of sp³-hybridized carbons (Fsp3) is 0.719. The van der Waals surface area contributed by atoms with E-state index in [4.69, 9.17) is 9.47 Å². The molecule has 35 heavy (non-hydrogen) atoms. The zero-order valence-corrected chi connectivity index (χ0v) is 24.0. The molecule has 198 valence electrons. The van der Waals surface area contributed by atoms with E-state index in [0.29, 0.717) is 5.75 Å². The summed E-state index contributed by atoms with van der Waals surface area (Å²) in [4.78, 5) is 11.8. The van der Waals surface area contributed by atoms with Gasteiger partial charge in [-0.25, -0.2) is 4.79 Å². The summed E-state index contributed by atoms with van der Waals surface area (Å²) >= 11 is 0. The Morgan fingerprint density at radius 2 is 1.51 bits per heavy atom. The Hall–Kier alpha value is -1.77. The van der Waals surface area contributed by atoms with E-state index in [2.05, 4.69) is 48.1 Å². The van der Waals surface area contributed by atoms with Crippen LogP contribution in [0.5, 0.6) is 11.5 Å². The Morgan fingerprint density at radius 1 is 0.943 bits per heavy atom. The summed E-state index contributed by atoms with van der Waals surface area (Å²) in [5.74, 6) is 3.75. The van der Waals surface area contributed by atoms with Crippen LogP contribution in [-0.4, -0.2) is 11.6 Å². The highest BCUT2D eigenvalue weighted by Crippen LogP contribution is 2.45. The molecule has 0 unspecified atom stereocenters. The van der Waals surface area contributed by atoms with Gasteiger partial charge < -0.3 is 9.47 Å². The molecule has 0 bridgehead atoms. The molecule has 0 N–H and O–H groups in total. The molecule has 0 aliphatic carbocycles. The van der Waals surface area contributed by atoms with E-state index in [1.54, 1.807) is 0 Å². The predicted octanol–water partition coefficient (Wildman–Crippen LogP) is 9.23. The van der Waals surface area contributed by atoms with Crippen molar-refractivity contribution in [2.24, 2.45) is 17.8 Å². The molecule has 1 aromatic carbocycles. The predicted molar refractivity (Wildman–Crippen MR) is 149 cm³/mol. The molecule has 1 aliphatic rings. The van der Waals surface area contributed by atoms with Crippen molar-refractivity contribution in [2.75, 3.05) is 0 Å². The van der Waals surface area contributed by atoms with E-state index in [-0.39, 0.29) is 5.60 Å². The van der Waals surface area contributed by atoms with Gasteiger partial charge in [-0.2, -0.15) is 0 Å². The van der Waals surface area contributed by atoms with Crippen LogP contribution >= 0.6 is 0 Å². The molecule has 3 nitrogen and oxygen atoms in total. The second kappa shape index (κ2) is 13.5. The number of carbonyl (C=O) groups excluding carboxylic acids is 1. The summed E-state index contributed by atoms with van der Waals surface area (Å²) in [6.45, 7) is 21.4. The number of carbonyl (C=O) groups is 1. The van der Waals surface area contributed by atoms with Crippen molar-refractivity contribution in [3.8, 4) is 11.5 Å². The first kappa shape index (κ1) is 29.5. The molecule has 0 fully saturated rings. The Kier molecular flexibility index (Phi) is 11.4. The van der Waals surface area contributed by atoms with Crippen LogP contribution in [0.3, 0.4) is 0 Å². The maximum Gasteiger partial charge on any atom is 0.335 e. The first-order valence-corrected chi connectivity index (χ1v) is 14.1. The van der Waals surface area contributed by atoms with Gasteiger partial charge in [-0.3, -0.25) is 0 Å². The topological polar surface area (TPSA) is 35.5 Å². The van der Waals surface area contributed by atoms with Gasteiger partial charge in [0.25, 0.3) is 0 Å². The summed E-state index contributed by atoms with van der Waals surface area (Å²) in [6, 6.07) is 0.